The number of hydrogen-bond acceptors (Lipinski definition) is 5. The van der Waals surface area contributed by atoms with E-state index in [0.717, 1.165) is 54.8 Å². The van der Waals surface area contributed by atoms with E-state index in [0.29, 0.717) is 6.54 Å². The van der Waals surface area contributed by atoms with Crippen molar-refractivity contribution in [2.75, 3.05) is 18.4 Å². The Kier molecular flexibility index (Phi) is 6.37. The van der Waals surface area contributed by atoms with Crippen LogP contribution in [-0.4, -0.2) is 33.4 Å². The molecule has 6 nitrogen and oxygen atoms in total. The summed E-state index contributed by atoms with van der Waals surface area (Å²) in [5.74, 6) is -0.0838. The fourth-order valence-corrected chi connectivity index (χ4v) is 6.13. The Morgan fingerprint density at radius 2 is 1.94 bits per heavy atom. The van der Waals surface area contributed by atoms with Crippen molar-refractivity contribution in [2.24, 2.45) is 0 Å². The molecule has 7 heteroatoms. The highest BCUT2D eigenvalue weighted by molar-refractivity contribution is 7.18. The minimum absolute atomic E-state index is 0.00858. The third kappa shape index (κ3) is 4.64. The normalized spacial score (nSPS) is 16.8. The quantitative estimate of drug-likeness (QED) is 0.606. The molecule has 0 atom stereocenters. The van der Waals surface area contributed by atoms with Gasteiger partial charge in [-0.3, -0.25) is 19.1 Å². The van der Waals surface area contributed by atoms with Crippen LogP contribution < -0.4 is 10.9 Å². The standard InChI is InChI=1S/C25H30N4O2S/c30-22(27-19-8-6-7-18(15-19)16-28-12-4-1-5-13-28)11-14-29-17-26-24-23(25(29)31)20-9-2-3-10-21(20)32-24/h6-8,15,17H,1-5,9-14,16H2,(H,27,30). The second-order valence-corrected chi connectivity index (χ2v) is 10.1. The summed E-state index contributed by atoms with van der Waals surface area (Å²) in [4.78, 5) is 34.8. The molecular formula is C25H30N4O2S. The molecule has 1 aliphatic carbocycles. The summed E-state index contributed by atoms with van der Waals surface area (Å²) in [5, 5.41) is 3.78. The first-order valence-electron chi connectivity index (χ1n) is 11.8. The Balaban J connectivity index is 1.22. The molecule has 1 amide bonds. The summed E-state index contributed by atoms with van der Waals surface area (Å²) in [6, 6.07) is 8.10. The van der Waals surface area contributed by atoms with Crippen LogP contribution in [-0.2, 0) is 30.7 Å². The van der Waals surface area contributed by atoms with Gasteiger partial charge in [0, 0.05) is 30.1 Å². The number of carbonyl (C=O) groups is 1. The molecule has 0 radical (unpaired) electrons. The van der Waals surface area contributed by atoms with Gasteiger partial charge in [-0.2, -0.15) is 0 Å². The predicted molar refractivity (Wildman–Crippen MR) is 129 cm³/mol. The van der Waals surface area contributed by atoms with Crippen molar-refractivity contribution in [3.8, 4) is 0 Å². The second kappa shape index (κ2) is 9.55. The van der Waals surface area contributed by atoms with E-state index in [2.05, 4.69) is 27.3 Å². The van der Waals surface area contributed by atoms with Crippen molar-refractivity contribution in [1.29, 1.82) is 0 Å². The van der Waals surface area contributed by atoms with Crippen LogP contribution in [0.15, 0.2) is 35.4 Å². The number of piperidine rings is 1. The molecule has 1 aliphatic heterocycles. The lowest BCUT2D eigenvalue weighted by atomic mass is 9.97. The van der Waals surface area contributed by atoms with E-state index in [4.69, 9.17) is 0 Å². The van der Waals surface area contributed by atoms with Crippen molar-refractivity contribution in [3.63, 3.8) is 0 Å². The first-order valence-corrected chi connectivity index (χ1v) is 12.6. The number of aryl methyl sites for hydroxylation is 3. The molecule has 3 heterocycles. The van der Waals surface area contributed by atoms with Crippen LogP contribution in [0.25, 0.3) is 10.2 Å². The average Bonchev–Trinajstić information content (AvgIpc) is 3.19. The molecule has 3 aromatic rings. The number of likely N-dealkylation sites (tertiary alicyclic amines) is 1. The molecule has 2 aliphatic rings. The lowest BCUT2D eigenvalue weighted by Crippen LogP contribution is -2.29. The highest BCUT2D eigenvalue weighted by Crippen LogP contribution is 2.33. The topological polar surface area (TPSA) is 67.2 Å². The number of anilines is 1. The molecule has 0 unspecified atom stereocenters. The Morgan fingerprint density at radius 1 is 1.09 bits per heavy atom. The van der Waals surface area contributed by atoms with E-state index in [1.54, 1.807) is 22.2 Å². The third-order valence-corrected chi connectivity index (χ3v) is 7.79. The maximum Gasteiger partial charge on any atom is 0.262 e. The summed E-state index contributed by atoms with van der Waals surface area (Å²) in [5.41, 5.74) is 3.22. The minimum atomic E-state index is -0.0838. The van der Waals surface area contributed by atoms with Crippen molar-refractivity contribution < 1.29 is 4.79 Å². The highest BCUT2D eigenvalue weighted by atomic mass is 32.1. The zero-order chi connectivity index (χ0) is 21.9. The fraction of sp³-hybridized carbons (Fsp3) is 0.480. The van der Waals surface area contributed by atoms with E-state index < -0.39 is 0 Å². The molecule has 0 spiro atoms. The Bertz CT molecular complexity index is 1180. The van der Waals surface area contributed by atoms with Gasteiger partial charge in [-0.15, -0.1) is 11.3 Å². The first kappa shape index (κ1) is 21.3. The van der Waals surface area contributed by atoms with Crippen LogP contribution in [0.2, 0.25) is 0 Å². The van der Waals surface area contributed by atoms with E-state index in [1.165, 1.54) is 41.7 Å². The number of fused-ring (bicyclic) bond motifs is 3. The second-order valence-electron chi connectivity index (χ2n) is 8.97. The maximum atomic E-state index is 13.1. The first-order chi connectivity index (χ1) is 15.7. The lowest BCUT2D eigenvalue weighted by Gasteiger charge is -2.26. The summed E-state index contributed by atoms with van der Waals surface area (Å²) in [6.45, 7) is 3.57. The fourth-order valence-electron chi connectivity index (χ4n) is 4.91. The monoisotopic (exact) mass is 450 g/mol. The minimum Gasteiger partial charge on any atom is -0.326 e. The number of hydrogen-bond donors (Lipinski definition) is 1. The molecule has 0 saturated carbocycles. The number of aromatic nitrogens is 2. The zero-order valence-corrected chi connectivity index (χ0v) is 19.3. The van der Waals surface area contributed by atoms with Gasteiger partial charge in [0.1, 0.15) is 4.83 Å². The van der Waals surface area contributed by atoms with Gasteiger partial charge in [-0.05, 0) is 74.9 Å². The molecule has 32 heavy (non-hydrogen) atoms. The Hall–Kier alpha value is -2.51. The SMILES string of the molecule is O=C(CCn1cnc2sc3c(c2c1=O)CCCC3)Nc1cccc(CN2CCCCC2)c1. The van der Waals surface area contributed by atoms with Gasteiger partial charge in [0.2, 0.25) is 5.91 Å². The van der Waals surface area contributed by atoms with Gasteiger partial charge in [-0.25, -0.2) is 4.98 Å². The smallest absolute Gasteiger partial charge is 0.262 e. The van der Waals surface area contributed by atoms with Gasteiger partial charge >= 0.3 is 0 Å². The molecule has 2 aromatic heterocycles. The Morgan fingerprint density at radius 3 is 2.81 bits per heavy atom. The molecule has 0 bridgehead atoms. The van der Waals surface area contributed by atoms with Crippen molar-refractivity contribution in [1.82, 2.24) is 14.5 Å². The van der Waals surface area contributed by atoms with Gasteiger partial charge in [0.25, 0.3) is 5.56 Å². The van der Waals surface area contributed by atoms with E-state index in [-0.39, 0.29) is 17.9 Å². The van der Waals surface area contributed by atoms with Gasteiger partial charge in [-0.1, -0.05) is 18.6 Å². The van der Waals surface area contributed by atoms with Gasteiger partial charge in [0.05, 0.1) is 11.7 Å². The number of benzene rings is 1. The summed E-state index contributed by atoms with van der Waals surface area (Å²) in [6.07, 6.45) is 10.0. The zero-order valence-electron chi connectivity index (χ0n) is 18.4. The molecule has 1 saturated heterocycles. The van der Waals surface area contributed by atoms with Gasteiger partial charge < -0.3 is 5.32 Å². The van der Waals surface area contributed by atoms with Crippen LogP contribution in [0.4, 0.5) is 5.69 Å². The lowest BCUT2D eigenvalue weighted by molar-refractivity contribution is -0.116. The molecular weight excluding hydrogens is 420 g/mol. The number of nitrogens with one attached hydrogen (secondary N) is 1. The number of thiophene rings is 1. The number of nitrogens with zero attached hydrogens (tertiary/aromatic N) is 3. The number of amides is 1. The van der Waals surface area contributed by atoms with Crippen LogP contribution in [0.5, 0.6) is 0 Å². The molecule has 5 rings (SSSR count). The van der Waals surface area contributed by atoms with E-state index in [1.807, 2.05) is 12.1 Å². The van der Waals surface area contributed by atoms with Crippen molar-refractivity contribution in [2.45, 2.75) is 64.5 Å². The average molecular weight is 451 g/mol. The van der Waals surface area contributed by atoms with Crippen molar-refractivity contribution >= 4 is 33.1 Å². The summed E-state index contributed by atoms with van der Waals surface area (Å²) >= 11 is 1.66. The number of rotatable bonds is 6. The van der Waals surface area contributed by atoms with Crippen LogP contribution in [0.3, 0.4) is 0 Å². The highest BCUT2D eigenvalue weighted by Gasteiger charge is 2.20. The third-order valence-electron chi connectivity index (χ3n) is 6.59. The van der Waals surface area contributed by atoms with Gasteiger partial charge in [0.15, 0.2) is 0 Å². The van der Waals surface area contributed by atoms with Crippen LogP contribution in [0.1, 0.15) is 54.5 Å². The molecule has 1 aromatic carbocycles. The Labute approximate surface area is 192 Å². The maximum absolute atomic E-state index is 13.1. The summed E-state index contributed by atoms with van der Waals surface area (Å²) in [7, 11) is 0. The van der Waals surface area contributed by atoms with Crippen LogP contribution >= 0.6 is 11.3 Å². The van der Waals surface area contributed by atoms with Crippen molar-refractivity contribution in [3.05, 3.63) is 57.0 Å². The largest absolute Gasteiger partial charge is 0.326 e. The predicted octanol–water partition coefficient (Wildman–Crippen LogP) is 4.35. The number of carbonyl (C=O) groups excluding carboxylic acids is 1. The van der Waals surface area contributed by atoms with E-state index >= 15 is 0 Å². The summed E-state index contributed by atoms with van der Waals surface area (Å²) < 4.78 is 1.59. The molecule has 1 N–H and O–H groups in total. The van der Waals surface area contributed by atoms with Crippen LogP contribution in [0, 0.1) is 0 Å². The molecule has 1 fully saturated rings. The molecule has 168 valence electrons. The van der Waals surface area contributed by atoms with E-state index in [9.17, 15) is 9.59 Å².